The Kier molecular flexibility index (Phi) is 5.03. The molecule has 0 aromatic carbocycles. The summed E-state index contributed by atoms with van der Waals surface area (Å²) in [6.45, 7) is 6.32. The number of likely N-dealkylation sites (N-methyl/N-ethyl adjacent to an activating group) is 1. The first-order chi connectivity index (χ1) is 9.86. The molecule has 1 fully saturated rings. The predicted octanol–water partition coefficient (Wildman–Crippen LogP) is -0.0550. The van der Waals surface area contributed by atoms with Crippen molar-refractivity contribution in [2.75, 3.05) is 26.7 Å². The number of nitrogens with two attached hydrogens (primary N) is 1. The molecule has 2 rings (SSSR count). The van der Waals surface area contributed by atoms with Crippen LogP contribution in [0, 0.1) is 0 Å². The molecule has 1 aliphatic rings. The van der Waals surface area contributed by atoms with Crippen LogP contribution in [0.5, 0.6) is 0 Å². The molecular formula is C13H25N5O2S. The second kappa shape index (κ2) is 6.43. The van der Waals surface area contributed by atoms with E-state index in [-0.39, 0.29) is 17.0 Å². The number of hydrogen-bond donors (Lipinski definition) is 1. The summed E-state index contributed by atoms with van der Waals surface area (Å²) in [5.41, 5.74) is 5.46. The van der Waals surface area contributed by atoms with E-state index >= 15 is 0 Å². The van der Waals surface area contributed by atoms with Crippen LogP contribution in [0.3, 0.4) is 0 Å². The average Bonchev–Trinajstić information content (AvgIpc) is 2.91. The van der Waals surface area contributed by atoms with Gasteiger partial charge < -0.3 is 5.73 Å². The van der Waals surface area contributed by atoms with E-state index in [9.17, 15) is 8.42 Å². The normalized spacial score (nSPS) is 25.3. The van der Waals surface area contributed by atoms with Crippen molar-refractivity contribution >= 4 is 10.0 Å². The molecule has 2 atom stereocenters. The number of sulfonamides is 1. The lowest BCUT2D eigenvalue weighted by molar-refractivity contribution is 0.105. The second-order valence-electron chi connectivity index (χ2n) is 5.77. The monoisotopic (exact) mass is 315 g/mol. The lowest BCUT2D eigenvalue weighted by atomic mass is 10.1. The van der Waals surface area contributed by atoms with E-state index in [1.165, 1.54) is 6.20 Å². The van der Waals surface area contributed by atoms with Crippen LogP contribution in [0.2, 0.25) is 0 Å². The van der Waals surface area contributed by atoms with E-state index in [0.717, 1.165) is 6.42 Å². The van der Waals surface area contributed by atoms with Crippen LogP contribution in [-0.2, 0) is 16.6 Å². The molecule has 2 N–H and O–H groups in total. The highest BCUT2D eigenvalue weighted by atomic mass is 32.2. The van der Waals surface area contributed by atoms with Crippen LogP contribution < -0.4 is 5.73 Å². The van der Waals surface area contributed by atoms with E-state index in [1.807, 2.05) is 20.9 Å². The van der Waals surface area contributed by atoms with Gasteiger partial charge in [-0.05, 0) is 33.9 Å². The van der Waals surface area contributed by atoms with Gasteiger partial charge in [-0.1, -0.05) is 0 Å². The number of aryl methyl sites for hydroxylation is 1. The Morgan fingerprint density at radius 1 is 1.33 bits per heavy atom. The Morgan fingerprint density at radius 3 is 2.52 bits per heavy atom. The van der Waals surface area contributed by atoms with Gasteiger partial charge in [-0.2, -0.15) is 9.40 Å². The number of piperazine rings is 1. The fourth-order valence-electron chi connectivity index (χ4n) is 2.55. The summed E-state index contributed by atoms with van der Waals surface area (Å²) >= 11 is 0. The van der Waals surface area contributed by atoms with Gasteiger partial charge in [-0.3, -0.25) is 9.58 Å². The third-order valence-corrected chi connectivity index (χ3v) is 5.95. The molecule has 1 aromatic rings. The molecule has 0 spiro atoms. The maximum absolute atomic E-state index is 12.7. The number of hydrogen-bond acceptors (Lipinski definition) is 5. The second-order valence-corrected chi connectivity index (χ2v) is 7.70. The van der Waals surface area contributed by atoms with Gasteiger partial charge in [-0.25, -0.2) is 8.42 Å². The van der Waals surface area contributed by atoms with Crippen molar-refractivity contribution in [3.63, 3.8) is 0 Å². The molecule has 120 valence electrons. The maximum atomic E-state index is 12.7. The van der Waals surface area contributed by atoms with Crippen molar-refractivity contribution in [1.82, 2.24) is 19.0 Å². The van der Waals surface area contributed by atoms with Gasteiger partial charge in [0.25, 0.3) is 0 Å². The molecule has 8 heteroatoms. The fourth-order valence-corrected chi connectivity index (χ4v) is 4.11. The molecule has 0 radical (unpaired) electrons. The Balaban J connectivity index is 2.16. The summed E-state index contributed by atoms with van der Waals surface area (Å²) < 4.78 is 28.6. The van der Waals surface area contributed by atoms with Crippen molar-refractivity contribution in [1.29, 1.82) is 0 Å². The van der Waals surface area contributed by atoms with Crippen LogP contribution in [0.1, 0.15) is 20.3 Å². The van der Waals surface area contributed by atoms with E-state index in [0.29, 0.717) is 26.2 Å². The Labute approximate surface area is 126 Å². The standard InChI is InChI=1S/C13H25N5O2S/c1-11-8-18(9-12(2)16(11)3)21(19,20)13-7-15-17(10-13)6-4-5-14/h7,10-12H,4-6,8-9,14H2,1-3H3. The molecule has 21 heavy (non-hydrogen) atoms. The average molecular weight is 315 g/mol. The minimum Gasteiger partial charge on any atom is -0.330 e. The Hall–Kier alpha value is -0.960. The van der Waals surface area contributed by atoms with Gasteiger partial charge in [0.05, 0.1) is 6.20 Å². The maximum Gasteiger partial charge on any atom is 0.246 e. The molecule has 0 amide bonds. The molecular weight excluding hydrogens is 290 g/mol. The summed E-state index contributed by atoms with van der Waals surface area (Å²) in [6, 6.07) is 0.409. The first-order valence-corrected chi connectivity index (χ1v) is 8.75. The smallest absolute Gasteiger partial charge is 0.246 e. The zero-order valence-electron chi connectivity index (χ0n) is 12.9. The van der Waals surface area contributed by atoms with E-state index < -0.39 is 10.0 Å². The molecule has 0 saturated carbocycles. The SMILES string of the molecule is CC1CN(S(=O)(=O)c2cnn(CCCN)c2)CC(C)N1C. The third kappa shape index (κ3) is 3.45. The van der Waals surface area contributed by atoms with E-state index in [2.05, 4.69) is 10.00 Å². The first-order valence-electron chi connectivity index (χ1n) is 7.31. The van der Waals surface area contributed by atoms with Crippen molar-refractivity contribution in [3.05, 3.63) is 12.4 Å². The van der Waals surface area contributed by atoms with Gasteiger partial charge in [0, 0.05) is 37.9 Å². The van der Waals surface area contributed by atoms with E-state index in [1.54, 1.807) is 15.2 Å². The van der Waals surface area contributed by atoms with Gasteiger partial charge in [0.1, 0.15) is 4.90 Å². The minimum absolute atomic E-state index is 0.204. The highest BCUT2D eigenvalue weighted by molar-refractivity contribution is 7.89. The molecule has 1 saturated heterocycles. The van der Waals surface area contributed by atoms with Gasteiger partial charge in [-0.15, -0.1) is 0 Å². The van der Waals surface area contributed by atoms with Gasteiger partial charge in [0.15, 0.2) is 0 Å². The van der Waals surface area contributed by atoms with Crippen molar-refractivity contribution in [2.45, 2.75) is 43.8 Å². The van der Waals surface area contributed by atoms with Gasteiger partial charge >= 0.3 is 0 Å². The number of rotatable bonds is 5. The van der Waals surface area contributed by atoms with Crippen molar-refractivity contribution in [3.8, 4) is 0 Å². The zero-order valence-corrected chi connectivity index (χ0v) is 13.8. The number of nitrogens with zero attached hydrogens (tertiary/aromatic N) is 4. The lowest BCUT2D eigenvalue weighted by Crippen LogP contribution is -2.56. The minimum atomic E-state index is -3.46. The molecule has 2 heterocycles. The molecule has 0 aliphatic carbocycles. The summed E-state index contributed by atoms with van der Waals surface area (Å²) in [7, 11) is -1.43. The predicted molar refractivity (Wildman–Crippen MR) is 81.3 cm³/mol. The van der Waals surface area contributed by atoms with E-state index in [4.69, 9.17) is 5.73 Å². The summed E-state index contributed by atoms with van der Waals surface area (Å²) in [4.78, 5) is 2.47. The van der Waals surface area contributed by atoms with Crippen LogP contribution in [0.15, 0.2) is 17.3 Å². The molecule has 1 aliphatic heterocycles. The van der Waals surface area contributed by atoms with Crippen molar-refractivity contribution < 1.29 is 8.42 Å². The van der Waals surface area contributed by atoms with Crippen LogP contribution in [-0.4, -0.2) is 66.2 Å². The highest BCUT2D eigenvalue weighted by Gasteiger charge is 2.34. The van der Waals surface area contributed by atoms with Gasteiger partial charge in [0.2, 0.25) is 10.0 Å². The molecule has 0 bridgehead atoms. The lowest BCUT2D eigenvalue weighted by Gasteiger charge is -2.41. The largest absolute Gasteiger partial charge is 0.330 e. The van der Waals surface area contributed by atoms with Crippen molar-refractivity contribution in [2.24, 2.45) is 5.73 Å². The number of aromatic nitrogens is 2. The topological polar surface area (TPSA) is 84.5 Å². The summed E-state index contributed by atoms with van der Waals surface area (Å²) in [5.74, 6) is 0. The summed E-state index contributed by atoms with van der Waals surface area (Å²) in [6.07, 6.45) is 3.81. The fraction of sp³-hybridized carbons (Fsp3) is 0.769. The van der Waals surface area contributed by atoms with Crippen LogP contribution in [0.25, 0.3) is 0 Å². The zero-order chi connectivity index (χ0) is 15.6. The summed E-state index contributed by atoms with van der Waals surface area (Å²) in [5, 5.41) is 4.11. The molecule has 2 unspecified atom stereocenters. The quantitative estimate of drug-likeness (QED) is 0.823. The van der Waals surface area contributed by atoms with Crippen LogP contribution >= 0.6 is 0 Å². The molecule has 1 aromatic heterocycles. The van der Waals surface area contributed by atoms with Crippen LogP contribution in [0.4, 0.5) is 0 Å². The third-order valence-electron chi connectivity index (χ3n) is 4.16. The Bertz CT molecular complexity index is 559. The first kappa shape index (κ1) is 16.4. The molecule has 7 nitrogen and oxygen atoms in total. The highest BCUT2D eigenvalue weighted by Crippen LogP contribution is 2.21. The Morgan fingerprint density at radius 2 is 1.95 bits per heavy atom.